The summed E-state index contributed by atoms with van der Waals surface area (Å²) in [6, 6.07) is 7.03. The maximum atomic E-state index is 9.90. The van der Waals surface area contributed by atoms with Crippen molar-refractivity contribution in [3.63, 3.8) is 0 Å². The summed E-state index contributed by atoms with van der Waals surface area (Å²) in [5.74, 6) is 0.731. The molecule has 5 nitrogen and oxygen atoms in total. The Morgan fingerprint density at radius 2 is 2.11 bits per heavy atom. The van der Waals surface area contributed by atoms with Gasteiger partial charge >= 0.3 is 0 Å². The molecule has 3 atom stereocenters. The smallest absolute Gasteiger partial charge is 0.181 e. The van der Waals surface area contributed by atoms with Crippen LogP contribution in [0.5, 0.6) is 5.75 Å². The number of aliphatic hydroxyl groups is 2. The van der Waals surface area contributed by atoms with Crippen molar-refractivity contribution in [2.24, 2.45) is 0 Å². The van der Waals surface area contributed by atoms with E-state index in [2.05, 4.69) is 0 Å². The van der Waals surface area contributed by atoms with Crippen molar-refractivity contribution in [2.45, 2.75) is 31.3 Å². The fraction of sp³-hybridized carbons (Fsp3) is 0.571. The third-order valence-corrected chi connectivity index (χ3v) is 3.18. The number of hydrogen-bond acceptors (Lipinski definition) is 5. The Hall–Kier alpha value is -1.14. The van der Waals surface area contributed by atoms with Crippen molar-refractivity contribution in [2.75, 3.05) is 20.3 Å². The van der Waals surface area contributed by atoms with Crippen molar-refractivity contribution in [1.29, 1.82) is 0 Å². The maximum Gasteiger partial charge on any atom is 0.181 e. The van der Waals surface area contributed by atoms with E-state index in [4.69, 9.17) is 14.2 Å². The van der Waals surface area contributed by atoms with Gasteiger partial charge in [-0.3, -0.25) is 0 Å². The summed E-state index contributed by atoms with van der Waals surface area (Å²) < 4.78 is 15.9. The van der Waals surface area contributed by atoms with Gasteiger partial charge in [-0.25, -0.2) is 0 Å². The van der Waals surface area contributed by atoms with Crippen molar-refractivity contribution in [3.05, 3.63) is 29.8 Å². The Kier molecular flexibility index (Phi) is 5.15. The highest BCUT2D eigenvalue weighted by molar-refractivity contribution is 5.27. The predicted octanol–water partition coefficient (Wildman–Crippen LogP) is 1.24. The number of methoxy groups -OCH3 is 1. The molecule has 2 N–H and O–H groups in total. The van der Waals surface area contributed by atoms with Crippen LogP contribution >= 0.6 is 0 Å². The normalized spacial score (nSPS) is 25.0. The maximum absolute atomic E-state index is 9.90. The molecule has 1 aliphatic heterocycles. The van der Waals surface area contributed by atoms with E-state index in [0.29, 0.717) is 25.0 Å². The minimum Gasteiger partial charge on any atom is -0.497 e. The van der Waals surface area contributed by atoms with E-state index in [9.17, 15) is 10.2 Å². The van der Waals surface area contributed by atoms with Gasteiger partial charge in [-0.2, -0.15) is 0 Å². The molecule has 0 saturated carbocycles. The molecule has 0 bridgehead atoms. The van der Waals surface area contributed by atoms with Crippen LogP contribution in [0, 0.1) is 0 Å². The molecular weight excluding hydrogens is 248 g/mol. The van der Waals surface area contributed by atoms with Crippen LogP contribution in [0.4, 0.5) is 0 Å². The van der Waals surface area contributed by atoms with Gasteiger partial charge in [0.1, 0.15) is 5.75 Å². The SMILES string of the molecule is COc1ccc(C(O)OCC2CC(O)CCO2)cc1. The summed E-state index contributed by atoms with van der Waals surface area (Å²) in [6.45, 7) is 0.804. The van der Waals surface area contributed by atoms with Crippen LogP contribution in [0.2, 0.25) is 0 Å². The highest BCUT2D eigenvalue weighted by atomic mass is 16.6. The molecule has 19 heavy (non-hydrogen) atoms. The average molecular weight is 268 g/mol. The van der Waals surface area contributed by atoms with E-state index in [1.165, 1.54) is 0 Å². The van der Waals surface area contributed by atoms with E-state index < -0.39 is 6.29 Å². The highest BCUT2D eigenvalue weighted by Gasteiger charge is 2.22. The molecule has 1 heterocycles. The topological polar surface area (TPSA) is 68.2 Å². The van der Waals surface area contributed by atoms with Gasteiger partial charge in [0.05, 0.1) is 25.9 Å². The first kappa shape index (κ1) is 14.3. The minimum absolute atomic E-state index is 0.156. The van der Waals surface area contributed by atoms with Gasteiger partial charge in [-0.1, -0.05) is 12.1 Å². The zero-order valence-electron chi connectivity index (χ0n) is 11.0. The van der Waals surface area contributed by atoms with Gasteiger partial charge in [0, 0.05) is 18.6 Å². The van der Waals surface area contributed by atoms with Gasteiger partial charge in [0.15, 0.2) is 6.29 Å². The lowest BCUT2D eigenvalue weighted by molar-refractivity contribution is -0.150. The number of rotatable bonds is 5. The molecule has 1 saturated heterocycles. The van der Waals surface area contributed by atoms with Crippen LogP contribution in [0.3, 0.4) is 0 Å². The Morgan fingerprint density at radius 1 is 1.37 bits per heavy atom. The lowest BCUT2D eigenvalue weighted by Gasteiger charge is -2.27. The largest absolute Gasteiger partial charge is 0.497 e. The number of benzene rings is 1. The molecule has 0 radical (unpaired) electrons. The van der Waals surface area contributed by atoms with Crippen molar-refractivity contribution < 1.29 is 24.4 Å². The Morgan fingerprint density at radius 3 is 2.74 bits per heavy atom. The number of ether oxygens (including phenoxy) is 3. The summed E-state index contributed by atoms with van der Waals surface area (Å²) in [6.07, 6.45) is -0.266. The number of hydrogen-bond donors (Lipinski definition) is 2. The van der Waals surface area contributed by atoms with Gasteiger partial charge in [-0.05, 0) is 18.6 Å². The van der Waals surface area contributed by atoms with E-state index in [1.54, 1.807) is 31.4 Å². The third-order valence-electron chi connectivity index (χ3n) is 3.18. The highest BCUT2D eigenvalue weighted by Crippen LogP contribution is 2.20. The van der Waals surface area contributed by atoms with Gasteiger partial charge in [0.25, 0.3) is 0 Å². The van der Waals surface area contributed by atoms with Gasteiger partial charge < -0.3 is 24.4 Å². The second-order valence-electron chi connectivity index (χ2n) is 4.63. The Bertz CT molecular complexity index is 378. The summed E-state index contributed by atoms with van der Waals surface area (Å²) in [4.78, 5) is 0. The van der Waals surface area contributed by atoms with Gasteiger partial charge in [0.2, 0.25) is 0 Å². The molecule has 106 valence electrons. The lowest BCUT2D eigenvalue weighted by atomic mass is 10.1. The molecule has 1 aromatic carbocycles. The second-order valence-corrected chi connectivity index (χ2v) is 4.63. The van der Waals surface area contributed by atoms with Crippen molar-refractivity contribution in [1.82, 2.24) is 0 Å². The van der Waals surface area contributed by atoms with Crippen molar-refractivity contribution in [3.8, 4) is 5.75 Å². The molecular formula is C14H20O5. The molecule has 0 amide bonds. The fourth-order valence-corrected chi connectivity index (χ4v) is 2.04. The predicted molar refractivity (Wildman–Crippen MR) is 68.9 cm³/mol. The van der Waals surface area contributed by atoms with Crippen LogP contribution in [-0.4, -0.2) is 42.7 Å². The molecule has 0 aliphatic carbocycles. The Labute approximate surface area is 112 Å². The molecule has 1 aliphatic rings. The first-order chi connectivity index (χ1) is 9.19. The molecule has 2 rings (SSSR count). The summed E-state index contributed by atoms with van der Waals surface area (Å²) >= 11 is 0. The minimum atomic E-state index is -0.992. The average Bonchev–Trinajstić information content (AvgIpc) is 2.45. The molecule has 5 heteroatoms. The second kappa shape index (κ2) is 6.86. The quantitative estimate of drug-likeness (QED) is 0.786. The lowest BCUT2D eigenvalue weighted by Crippen LogP contribution is -2.32. The van der Waals surface area contributed by atoms with Crippen LogP contribution in [-0.2, 0) is 9.47 Å². The molecule has 0 aromatic heterocycles. The van der Waals surface area contributed by atoms with E-state index in [1.807, 2.05) is 0 Å². The zero-order valence-corrected chi connectivity index (χ0v) is 11.0. The summed E-state index contributed by atoms with van der Waals surface area (Å²) in [7, 11) is 1.59. The van der Waals surface area contributed by atoms with E-state index in [-0.39, 0.29) is 18.8 Å². The van der Waals surface area contributed by atoms with Crippen LogP contribution in [0.15, 0.2) is 24.3 Å². The van der Waals surface area contributed by atoms with Gasteiger partial charge in [-0.15, -0.1) is 0 Å². The third kappa shape index (κ3) is 4.18. The first-order valence-corrected chi connectivity index (χ1v) is 6.42. The van der Waals surface area contributed by atoms with Crippen LogP contribution in [0.1, 0.15) is 24.7 Å². The van der Waals surface area contributed by atoms with E-state index >= 15 is 0 Å². The molecule has 0 spiro atoms. The van der Waals surface area contributed by atoms with Crippen molar-refractivity contribution >= 4 is 0 Å². The summed E-state index contributed by atoms with van der Waals surface area (Å²) in [5.41, 5.74) is 0.664. The van der Waals surface area contributed by atoms with Crippen LogP contribution < -0.4 is 4.74 Å². The molecule has 1 aromatic rings. The summed E-state index contributed by atoms with van der Waals surface area (Å²) in [5, 5.41) is 19.4. The fourth-order valence-electron chi connectivity index (χ4n) is 2.04. The molecule has 1 fully saturated rings. The zero-order chi connectivity index (χ0) is 13.7. The standard InChI is InChI=1S/C14H20O5/c1-17-12-4-2-10(3-5-12)14(16)19-9-13-8-11(15)6-7-18-13/h2-5,11,13-16H,6-9H2,1H3. The Balaban J connectivity index is 1.81. The number of aliphatic hydroxyl groups excluding tert-OH is 2. The van der Waals surface area contributed by atoms with E-state index in [0.717, 1.165) is 5.75 Å². The monoisotopic (exact) mass is 268 g/mol. The molecule has 3 unspecified atom stereocenters. The van der Waals surface area contributed by atoms with Crippen LogP contribution in [0.25, 0.3) is 0 Å². The first-order valence-electron chi connectivity index (χ1n) is 6.42.